The number of aliphatic hydroxyl groups excluding tert-OH is 2. The van der Waals surface area contributed by atoms with Gasteiger partial charge >= 0.3 is 6.09 Å². The standard InChI is InChI=1S/C25H30F2N6O5S/c1-25(2,3)38-24(37)31-22-19(30-21(39-22)18-13(26)6-5-7-14(18)27)20(36)29-15-12-28-32(4)23(15)33-10-8-16(34)17(35)9-11-33/h5-7,12,16-17,34-35H,8-11H2,1-4H3,(H,29,36)(H,31,37). The van der Waals surface area contributed by atoms with Gasteiger partial charge in [0.05, 0.1) is 24.0 Å². The van der Waals surface area contributed by atoms with Crippen molar-refractivity contribution in [3.63, 3.8) is 0 Å². The molecule has 1 aliphatic heterocycles. The largest absolute Gasteiger partial charge is 0.444 e. The third kappa shape index (κ3) is 6.52. The predicted octanol–water partition coefficient (Wildman–Crippen LogP) is 3.74. The molecule has 1 aliphatic rings. The van der Waals surface area contributed by atoms with Crippen molar-refractivity contribution >= 4 is 39.8 Å². The van der Waals surface area contributed by atoms with E-state index >= 15 is 0 Å². The third-order valence-electron chi connectivity index (χ3n) is 5.92. The number of rotatable bonds is 5. The van der Waals surface area contributed by atoms with Crippen LogP contribution in [0.15, 0.2) is 24.4 Å². The summed E-state index contributed by atoms with van der Waals surface area (Å²) < 4.78 is 35.9. The van der Waals surface area contributed by atoms with Crippen molar-refractivity contribution < 1.29 is 33.3 Å². The molecular formula is C25H30F2N6O5S. The molecule has 1 aromatic carbocycles. The van der Waals surface area contributed by atoms with Crippen LogP contribution in [0.3, 0.4) is 0 Å². The van der Waals surface area contributed by atoms with Crippen LogP contribution in [0.2, 0.25) is 0 Å². The molecule has 11 nitrogen and oxygen atoms in total. The molecule has 3 heterocycles. The molecule has 4 rings (SSSR count). The molecule has 1 fully saturated rings. The van der Waals surface area contributed by atoms with Gasteiger partial charge in [-0.15, -0.1) is 0 Å². The molecule has 2 aromatic heterocycles. The van der Waals surface area contributed by atoms with Crippen molar-refractivity contribution in [1.29, 1.82) is 0 Å². The number of halogens is 2. The van der Waals surface area contributed by atoms with Crippen LogP contribution in [-0.4, -0.2) is 67.9 Å². The molecule has 39 heavy (non-hydrogen) atoms. The highest BCUT2D eigenvalue weighted by Gasteiger charge is 2.29. The SMILES string of the molecule is Cn1ncc(NC(=O)c2nc(-c3c(F)cccc3F)sc2NC(=O)OC(C)(C)C)c1N1CCC(O)C(O)CC1. The number of aryl methyl sites for hydroxylation is 1. The topological polar surface area (TPSA) is 142 Å². The number of benzene rings is 1. The Morgan fingerprint density at radius 1 is 1.10 bits per heavy atom. The Morgan fingerprint density at radius 3 is 2.31 bits per heavy atom. The van der Waals surface area contributed by atoms with Gasteiger partial charge in [-0.3, -0.25) is 14.8 Å². The van der Waals surface area contributed by atoms with Crippen molar-refractivity contribution in [2.75, 3.05) is 28.6 Å². The lowest BCUT2D eigenvalue weighted by atomic mass is 10.1. The van der Waals surface area contributed by atoms with Gasteiger partial charge in [-0.2, -0.15) is 5.10 Å². The summed E-state index contributed by atoms with van der Waals surface area (Å²) in [5.74, 6) is -1.98. The van der Waals surface area contributed by atoms with Crippen molar-refractivity contribution in [2.24, 2.45) is 7.05 Å². The highest BCUT2D eigenvalue weighted by molar-refractivity contribution is 7.19. The van der Waals surface area contributed by atoms with Gasteiger partial charge in [0, 0.05) is 20.1 Å². The smallest absolute Gasteiger partial charge is 0.412 e. The van der Waals surface area contributed by atoms with Gasteiger partial charge in [0.2, 0.25) is 0 Å². The van der Waals surface area contributed by atoms with E-state index in [0.29, 0.717) is 37.4 Å². The van der Waals surface area contributed by atoms with Gasteiger partial charge in [-0.05, 0) is 45.7 Å². The van der Waals surface area contributed by atoms with Crippen LogP contribution in [0, 0.1) is 11.6 Å². The van der Waals surface area contributed by atoms with Gasteiger partial charge in [-0.1, -0.05) is 17.4 Å². The quantitative estimate of drug-likeness (QED) is 0.367. The zero-order valence-corrected chi connectivity index (χ0v) is 22.7. The zero-order valence-electron chi connectivity index (χ0n) is 21.9. The highest BCUT2D eigenvalue weighted by Crippen LogP contribution is 2.36. The van der Waals surface area contributed by atoms with Gasteiger partial charge in [0.15, 0.2) is 11.5 Å². The van der Waals surface area contributed by atoms with Crippen LogP contribution in [-0.2, 0) is 11.8 Å². The summed E-state index contributed by atoms with van der Waals surface area (Å²) in [4.78, 5) is 32.0. The minimum atomic E-state index is -0.875. The van der Waals surface area contributed by atoms with Crippen LogP contribution in [0.5, 0.6) is 0 Å². The number of aromatic nitrogens is 3. The predicted molar refractivity (Wildman–Crippen MR) is 142 cm³/mol. The molecule has 14 heteroatoms. The van der Waals surface area contributed by atoms with Gasteiger partial charge in [0.1, 0.15) is 32.9 Å². The van der Waals surface area contributed by atoms with E-state index in [0.717, 1.165) is 23.5 Å². The molecule has 0 radical (unpaired) electrons. The lowest BCUT2D eigenvalue weighted by Gasteiger charge is -2.24. The first kappa shape index (κ1) is 28.4. The van der Waals surface area contributed by atoms with E-state index in [4.69, 9.17) is 4.74 Å². The van der Waals surface area contributed by atoms with E-state index in [1.165, 1.54) is 12.3 Å². The lowest BCUT2D eigenvalue weighted by molar-refractivity contribution is 0.0187. The number of carbonyl (C=O) groups excluding carboxylic acids is 2. The minimum Gasteiger partial charge on any atom is -0.444 e. The Labute approximate surface area is 227 Å². The van der Waals surface area contributed by atoms with Crippen molar-refractivity contribution in [2.45, 2.75) is 51.4 Å². The van der Waals surface area contributed by atoms with Gasteiger partial charge < -0.3 is 25.2 Å². The first-order valence-electron chi connectivity index (χ1n) is 12.2. The fourth-order valence-electron chi connectivity index (χ4n) is 4.12. The average molecular weight is 565 g/mol. The minimum absolute atomic E-state index is 0.0640. The summed E-state index contributed by atoms with van der Waals surface area (Å²) >= 11 is 0.724. The van der Waals surface area contributed by atoms with E-state index in [1.54, 1.807) is 32.5 Å². The van der Waals surface area contributed by atoms with E-state index in [-0.39, 0.29) is 15.7 Å². The third-order valence-corrected chi connectivity index (χ3v) is 6.91. The summed E-state index contributed by atoms with van der Waals surface area (Å²) in [7, 11) is 1.68. The maximum absolute atomic E-state index is 14.5. The molecule has 2 unspecified atom stereocenters. The van der Waals surface area contributed by atoms with Crippen molar-refractivity contribution in [3.05, 3.63) is 41.7 Å². The molecule has 2 amide bonds. The van der Waals surface area contributed by atoms with Crippen LogP contribution in [0.1, 0.15) is 44.1 Å². The first-order chi connectivity index (χ1) is 18.3. The van der Waals surface area contributed by atoms with E-state index < -0.39 is 47.0 Å². The van der Waals surface area contributed by atoms with Gasteiger partial charge in [-0.25, -0.2) is 18.6 Å². The Balaban J connectivity index is 1.67. The van der Waals surface area contributed by atoms with Gasteiger partial charge in [0.25, 0.3) is 5.91 Å². The number of ether oxygens (including phenoxy) is 1. The fraction of sp³-hybridized carbons (Fsp3) is 0.440. The molecule has 210 valence electrons. The lowest BCUT2D eigenvalue weighted by Crippen LogP contribution is -2.29. The monoisotopic (exact) mass is 564 g/mol. The van der Waals surface area contributed by atoms with Crippen LogP contribution in [0.25, 0.3) is 10.6 Å². The second-order valence-electron chi connectivity index (χ2n) is 10.1. The molecule has 3 aromatic rings. The van der Waals surface area contributed by atoms with E-state index in [9.17, 15) is 28.6 Å². The summed E-state index contributed by atoms with van der Waals surface area (Å²) in [6.07, 6.45) is -0.550. The van der Waals surface area contributed by atoms with E-state index in [1.807, 2.05) is 4.90 Å². The fourth-order valence-corrected chi connectivity index (χ4v) is 5.12. The maximum Gasteiger partial charge on any atom is 0.412 e. The van der Waals surface area contributed by atoms with Crippen molar-refractivity contribution in [3.8, 4) is 10.6 Å². The molecular weight excluding hydrogens is 534 g/mol. The maximum atomic E-state index is 14.5. The summed E-state index contributed by atoms with van der Waals surface area (Å²) in [6, 6.07) is 3.34. The molecule has 4 N–H and O–H groups in total. The normalized spacial score (nSPS) is 18.0. The highest BCUT2D eigenvalue weighted by atomic mass is 32.1. The van der Waals surface area contributed by atoms with Crippen LogP contribution >= 0.6 is 11.3 Å². The Kier molecular flexibility index (Phi) is 8.18. The number of hydrogen-bond donors (Lipinski definition) is 4. The van der Waals surface area contributed by atoms with Crippen LogP contribution in [0.4, 0.5) is 30.1 Å². The second-order valence-corrected chi connectivity index (χ2v) is 11.1. The Bertz CT molecular complexity index is 1340. The van der Waals surface area contributed by atoms with E-state index in [2.05, 4.69) is 20.7 Å². The molecule has 2 atom stereocenters. The number of thiazole rings is 1. The number of aliphatic hydroxyl groups is 2. The summed E-state index contributed by atoms with van der Waals surface area (Å²) in [5, 5.41) is 29.3. The number of carbonyl (C=O) groups is 2. The Hall–Kier alpha value is -3.62. The molecule has 0 bridgehead atoms. The summed E-state index contributed by atoms with van der Waals surface area (Å²) in [5.41, 5.74) is -1.24. The first-order valence-corrected chi connectivity index (χ1v) is 13.1. The van der Waals surface area contributed by atoms with Crippen molar-refractivity contribution in [1.82, 2.24) is 14.8 Å². The molecule has 0 aliphatic carbocycles. The molecule has 0 saturated carbocycles. The number of anilines is 3. The number of hydrogen-bond acceptors (Lipinski definition) is 9. The summed E-state index contributed by atoms with van der Waals surface area (Å²) in [6.45, 7) is 5.80. The number of amides is 2. The zero-order chi connectivity index (χ0) is 28.5. The number of nitrogens with zero attached hydrogens (tertiary/aromatic N) is 4. The number of nitrogens with one attached hydrogen (secondary N) is 2. The average Bonchev–Trinajstić information content (AvgIpc) is 3.35. The molecule has 0 spiro atoms. The van der Waals surface area contributed by atoms with Crippen LogP contribution < -0.4 is 15.5 Å². The second kappa shape index (κ2) is 11.2. The Morgan fingerprint density at radius 2 is 1.72 bits per heavy atom. The molecule has 1 saturated heterocycles.